The van der Waals surface area contributed by atoms with Crippen LogP contribution in [-0.4, -0.2) is 54.0 Å². The van der Waals surface area contributed by atoms with E-state index in [-0.39, 0.29) is 17.8 Å². The number of carbonyl (C=O) groups excluding carboxylic acids is 1. The quantitative estimate of drug-likeness (QED) is 0.803. The standard InChI is InChI=1S/C20H37N3O.ClH/c1-20(15-21)12-13-22(16-20)14-19(24)23(17-8-4-2-5-9-17)18-10-6-3-7-11-18;/h17-18H,2-16,21H2,1H3;1H. The van der Waals surface area contributed by atoms with Gasteiger partial charge in [-0.1, -0.05) is 45.4 Å². The first kappa shape index (κ1) is 21.0. The van der Waals surface area contributed by atoms with Crippen LogP contribution < -0.4 is 5.73 Å². The van der Waals surface area contributed by atoms with Gasteiger partial charge in [0.05, 0.1) is 6.54 Å². The Morgan fingerprint density at radius 3 is 2.00 bits per heavy atom. The molecule has 2 saturated carbocycles. The molecule has 146 valence electrons. The molecule has 5 heteroatoms. The summed E-state index contributed by atoms with van der Waals surface area (Å²) in [4.78, 5) is 18.0. The molecule has 25 heavy (non-hydrogen) atoms. The number of amides is 1. The summed E-state index contributed by atoms with van der Waals surface area (Å²) in [5.74, 6) is 0.398. The SMILES string of the molecule is CC1(CN)CCN(CC(=O)N(C2CCCCC2)C2CCCCC2)C1.Cl. The van der Waals surface area contributed by atoms with Crippen LogP contribution in [0.5, 0.6) is 0 Å². The van der Waals surface area contributed by atoms with Gasteiger partial charge < -0.3 is 10.6 Å². The van der Waals surface area contributed by atoms with Crippen LogP contribution >= 0.6 is 12.4 Å². The Morgan fingerprint density at radius 2 is 1.56 bits per heavy atom. The first-order valence-electron chi connectivity index (χ1n) is 10.3. The third-order valence-electron chi connectivity index (χ3n) is 6.71. The van der Waals surface area contributed by atoms with Gasteiger partial charge in [0.2, 0.25) is 5.91 Å². The molecule has 0 radical (unpaired) electrons. The Bertz CT molecular complexity index is 403. The maximum absolute atomic E-state index is 13.3. The molecule has 0 aromatic carbocycles. The predicted molar refractivity (Wildman–Crippen MR) is 106 cm³/mol. The molecule has 4 nitrogen and oxygen atoms in total. The van der Waals surface area contributed by atoms with E-state index in [1.807, 2.05) is 0 Å². The van der Waals surface area contributed by atoms with Crippen LogP contribution in [0.15, 0.2) is 0 Å². The van der Waals surface area contributed by atoms with Crippen LogP contribution in [0.4, 0.5) is 0 Å². The summed E-state index contributed by atoms with van der Waals surface area (Å²) in [6.07, 6.45) is 13.9. The van der Waals surface area contributed by atoms with Crippen molar-refractivity contribution in [3.05, 3.63) is 0 Å². The van der Waals surface area contributed by atoms with E-state index >= 15 is 0 Å². The van der Waals surface area contributed by atoms with Gasteiger partial charge in [-0.25, -0.2) is 0 Å². The summed E-state index contributed by atoms with van der Waals surface area (Å²) in [6, 6.07) is 1.02. The van der Waals surface area contributed by atoms with Gasteiger partial charge in [-0.05, 0) is 50.6 Å². The maximum atomic E-state index is 13.3. The van der Waals surface area contributed by atoms with Gasteiger partial charge in [0.15, 0.2) is 0 Å². The van der Waals surface area contributed by atoms with Gasteiger partial charge in [-0.3, -0.25) is 9.69 Å². The Morgan fingerprint density at radius 1 is 1.04 bits per heavy atom. The molecule has 0 aromatic rings. The fourth-order valence-electron chi connectivity index (χ4n) is 5.12. The van der Waals surface area contributed by atoms with Crippen molar-refractivity contribution in [2.24, 2.45) is 11.1 Å². The normalized spacial score (nSPS) is 29.4. The molecular formula is C20H38ClN3O. The van der Waals surface area contributed by atoms with E-state index in [1.165, 1.54) is 64.2 Å². The molecular weight excluding hydrogens is 334 g/mol. The molecule has 3 rings (SSSR count). The molecule has 2 aliphatic carbocycles. The number of halogens is 1. The Kier molecular flexibility index (Phi) is 8.03. The number of likely N-dealkylation sites (tertiary alicyclic amines) is 1. The molecule has 1 amide bonds. The molecule has 1 heterocycles. The second kappa shape index (κ2) is 9.57. The van der Waals surface area contributed by atoms with Crippen molar-refractivity contribution < 1.29 is 4.79 Å². The number of nitrogens with two attached hydrogens (primary N) is 1. The fourth-order valence-corrected chi connectivity index (χ4v) is 5.12. The summed E-state index contributed by atoms with van der Waals surface area (Å²) in [5.41, 5.74) is 6.14. The average molecular weight is 372 g/mol. The lowest BCUT2D eigenvalue weighted by molar-refractivity contribution is -0.139. The van der Waals surface area contributed by atoms with E-state index in [0.717, 1.165) is 26.1 Å². The number of hydrogen-bond acceptors (Lipinski definition) is 3. The topological polar surface area (TPSA) is 49.6 Å². The van der Waals surface area contributed by atoms with E-state index in [9.17, 15) is 4.79 Å². The first-order chi connectivity index (χ1) is 11.6. The Hall–Kier alpha value is -0.320. The minimum atomic E-state index is 0. The number of rotatable bonds is 5. The van der Waals surface area contributed by atoms with Crippen LogP contribution in [0.1, 0.15) is 77.6 Å². The van der Waals surface area contributed by atoms with Crippen molar-refractivity contribution in [1.29, 1.82) is 0 Å². The summed E-state index contributed by atoms with van der Waals surface area (Å²) >= 11 is 0. The summed E-state index contributed by atoms with van der Waals surface area (Å²) in [6.45, 7) is 5.62. The molecule has 3 aliphatic rings. The van der Waals surface area contributed by atoms with Crippen molar-refractivity contribution in [3.8, 4) is 0 Å². The summed E-state index contributed by atoms with van der Waals surface area (Å²) < 4.78 is 0. The molecule has 3 fully saturated rings. The lowest BCUT2D eigenvalue weighted by atomic mass is 9.88. The van der Waals surface area contributed by atoms with E-state index in [4.69, 9.17) is 5.73 Å². The predicted octanol–water partition coefficient (Wildman–Crippen LogP) is 3.57. The molecule has 1 aliphatic heterocycles. The third-order valence-corrected chi connectivity index (χ3v) is 6.71. The van der Waals surface area contributed by atoms with Gasteiger partial charge in [-0.15, -0.1) is 12.4 Å². The number of carbonyl (C=O) groups is 1. The van der Waals surface area contributed by atoms with E-state index in [1.54, 1.807) is 0 Å². The second-order valence-electron chi connectivity index (χ2n) is 8.86. The maximum Gasteiger partial charge on any atom is 0.237 e. The molecule has 1 atom stereocenters. The fraction of sp³-hybridized carbons (Fsp3) is 0.950. The Balaban J connectivity index is 0.00000225. The van der Waals surface area contributed by atoms with Crippen molar-refractivity contribution >= 4 is 18.3 Å². The van der Waals surface area contributed by atoms with Crippen molar-refractivity contribution in [3.63, 3.8) is 0 Å². The number of hydrogen-bond donors (Lipinski definition) is 1. The van der Waals surface area contributed by atoms with Gasteiger partial charge in [0, 0.05) is 18.6 Å². The minimum absolute atomic E-state index is 0. The molecule has 0 bridgehead atoms. The van der Waals surface area contributed by atoms with Gasteiger partial charge in [0.25, 0.3) is 0 Å². The highest BCUT2D eigenvalue weighted by molar-refractivity contribution is 5.85. The van der Waals surface area contributed by atoms with Crippen molar-refractivity contribution in [1.82, 2.24) is 9.80 Å². The van der Waals surface area contributed by atoms with Crippen molar-refractivity contribution in [2.45, 2.75) is 89.6 Å². The van der Waals surface area contributed by atoms with Gasteiger partial charge in [0.1, 0.15) is 0 Å². The first-order valence-corrected chi connectivity index (χ1v) is 10.3. The summed E-state index contributed by atoms with van der Waals surface area (Å²) in [7, 11) is 0. The molecule has 2 N–H and O–H groups in total. The lowest BCUT2D eigenvalue weighted by Crippen LogP contribution is -2.52. The monoisotopic (exact) mass is 371 g/mol. The zero-order valence-corrected chi connectivity index (χ0v) is 16.9. The van der Waals surface area contributed by atoms with Crippen LogP contribution in [0, 0.1) is 5.41 Å². The lowest BCUT2D eigenvalue weighted by Gasteiger charge is -2.42. The Labute approximate surface area is 160 Å². The van der Waals surface area contributed by atoms with Crippen molar-refractivity contribution in [2.75, 3.05) is 26.2 Å². The molecule has 0 spiro atoms. The average Bonchev–Trinajstić information content (AvgIpc) is 2.98. The van der Waals surface area contributed by atoms with Crippen LogP contribution in [-0.2, 0) is 4.79 Å². The minimum Gasteiger partial charge on any atom is -0.336 e. The highest BCUT2D eigenvalue weighted by Crippen LogP contribution is 2.32. The van der Waals surface area contributed by atoms with Crippen LogP contribution in [0.25, 0.3) is 0 Å². The molecule has 1 saturated heterocycles. The van der Waals surface area contributed by atoms with Crippen LogP contribution in [0.2, 0.25) is 0 Å². The zero-order chi connectivity index (χ0) is 17.0. The van der Waals surface area contributed by atoms with Crippen LogP contribution in [0.3, 0.4) is 0 Å². The highest BCUT2D eigenvalue weighted by atomic mass is 35.5. The third kappa shape index (κ3) is 5.33. The summed E-state index contributed by atoms with van der Waals surface area (Å²) in [5, 5.41) is 0. The second-order valence-corrected chi connectivity index (χ2v) is 8.86. The molecule has 1 unspecified atom stereocenters. The molecule has 0 aromatic heterocycles. The smallest absolute Gasteiger partial charge is 0.237 e. The number of nitrogens with zero attached hydrogens (tertiary/aromatic N) is 2. The van der Waals surface area contributed by atoms with E-state index in [0.29, 0.717) is 24.5 Å². The zero-order valence-electron chi connectivity index (χ0n) is 16.0. The largest absolute Gasteiger partial charge is 0.336 e. The van der Waals surface area contributed by atoms with Gasteiger partial charge in [-0.2, -0.15) is 0 Å². The van der Waals surface area contributed by atoms with E-state index < -0.39 is 0 Å². The van der Waals surface area contributed by atoms with Gasteiger partial charge >= 0.3 is 0 Å². The highest BCUT2D eigenvalue weighted by Gasteiger charge is 2.37. The van der Waals surface area contributed by atoms with E-state index in [2.05, 4.69) is 16.7 Å².